The molecule has 2 rings (SSSR count). The van der Waals surface area contributed by atoms with Crippen LogP contribution in [0, 0.1) is 0 Å². The molecule has 90 valence electrons. The van der Waals surface area contributed by atoms with E-state index in [9.17, 15) is 0 Å². The summed E-state index contributed by atoms with van der Waals surface area (Å²) in [7, 11) is 2.02. The lowest BCUT2D eigenvalue weighted by Crippen LogP contribution is -2.38. The molecule has 4 nitrogen and oxygen atoms in total. The highest BCUT2D eigenvalue weighted by Gasteiger charge is 2.13. The Labute approximate surface area is 97.7 Å². The van der Waals surface area contributed by atoms with E-state index >= 15 is 0 Å². The first-order chi connectivity index (χ1) is 7.75. The molecule has 1 saturated heterocycles. The van der Waals surface area contributed by atoms with Crippen molar-refractivity contribution in [2.45, 2.75) is 32.2 Å². The molecule has 0 bridgehead atoms. The number of likely N-dealkylation sites (tertiary alicyclic amines) is 1. The van der Waals surface area contributed by atoms with Gasteiger partial charge < -0.3 is 14.8 Å². The molecule has 4 heteroatoms. The summed E-state index contributed by atoms with van der Waals surface area (Å²) in [5.74, 6) is 0.963. The van der Waals surface area contributed by atoms with Crippen molar-refractivity contribution in [1.29, 1.82) is 0 Å². The highest BCUT2D eigenvalue weighted by Crippen LogP contribution is 2.10. The van der Waals surface area contributed by atoms with E-state index in [4.69, 9.17) is 0 Å². The Morgan fingerprint density at radius 2 is 2.12 bits per heavy atom. The molecular formula is C12H22N4. The van der Waals surface area contributed by atoms with Gasteiger partial charge in [0.2, 0.25) is 5.95 Å². The molecular weight excluding hydrogens is 200 g/mol. The molecule has 1 atom stereocenters. The first-order valence-corrected chi connectivity index (χ1v) is 6.22. The maximum atomic E-state index is 4.28. The topological polar surface area (TPSA) is 33.1 Å². The number of hydrogen-bond acceptors (Lipinski definition) is 3. The number of hydrogen-bond donors (Lipinski definition) is 1. The third-order valence-corrected chi connectivity index (χ3v) is 3.18. The van der Waals surface area contributed by atoms with Crippen LogP contribution in [-0.4, -0.2) is 40.1 Å². The van der Waals surface area contributed by atoms with Gasteiger partial charge in [0.15, 0.2) is 0 Å². The van der Waals surface area contributed by atoms with Crippen molar-refractivity contribution in [2.24, 2.45) is 7.05 Å². The fraction of sp³-hybridized carbons (Fsp3) is 0.750. The Kier molecular flexibility index (Phi) is 3.83. The van der Waals surface area contributed by atoms with Crippen LogP contribution in [0.1, 0.15) is 26.2 Å². The van der Waals surface area contributed by atoms with E-state index in [1.54, 1.807) is 0 Å². The van der Waals surface area contributed by atoms with Crippen molar-refractivity contribution < 1.29 is 0 Å². The molecule has 0 amide bonds. The van der Waals surface area contributed by atoms with Crippen molar-refractivity contribution in [2.75, 3.05) is 25.0 Å². The first-order valence-electron chi connectivity index (χ1n) is 6.22. The maximum absolute atomic E-state index is 4.28. The predicted molar refractivity (Wildman–Crippen MR) is 66.6 cm³/mol. The summed E-state index contributed by atoms with van der Waals surface area (Å²) in [6.07, 6.45) is 7.91. The number of nitrogens with zero attached hydrogens (tertiary/aromatic N) is 3. The van der Waals surface area contributed by atoms with Crippen LogP contribution in [0.3, 0.4) is 0 Å². The summed E-state index contributed by atoms with van der Waals surface area (Å²) in [6.45, 7) is 5.86. The van der Waals surface area contributed by atoms with Gasteiger partial charge in [0.25, 0.3) is 0 Å². The zero-order chi connectivity index (χ0) is 11.4. The smallest absolute Gasteiger partial charge is 0.202 e. The van der Waals surface area contributed by atoms with Crippen LogP contribution in [0.25, 0.3) is 0 Å². The minimum atomic E-state index is 0.458. The second-order valence-electron chi connectivity index (χ2n) is 4.77. The number of imidazole rings is 1. The summed E-state index contributed by atoms with van der Waals surface area (Å²) in [5.41, 5.74) is 0. The van der Waals surface area contributed by atoms with Crippen molar-refractivity contribution in [3.05, 3.63) is 12.4 Å². The maximum Gasteiger partial charge on any atom is 0.202 e. The molecule has 16 heavy (non-hydrogen) atoms. The monoisotopic (exact) mass is 222 g/mol. The van der Waals surface area contributed by atoms with Gasteiger partial charge in [-0.05, 0) is 32.9 Å². The quantitative estimate of drug-likeness (QED) is 0.842. The molecule has 1 aromatic rings. The van der Waals surface area contributed by atoms with Crippen molar-refractivity contribution in [3.8, 4) is 0 Å². The van der Waals surface area contributed by atoms with Gasteiger partial charge in [-0.2, -0.15) is 0 Å². The summed E-state index contributed by atoms with van der Waals surface area (Å²) in [4.78, 5) is 6.83. The average molecular weight is 222 g/mol. The van der Waals surface area contributed by atoms with E-state index in [2.05, 4.69) is 22.1 Å². The van der Waals surface area contributed by atoms with Crippen molar-refractivity contribution in [3.63, 3.8) is 0 Å². The Hall–Kier alpha value is -1.03. The fourth-order valence-electron chi connectivity index (χ4n) is 2.30. The minimum Gasteiger partial charge on any atom is -0.352 e. The van der Waals surface area contributed by atoms with Crippen molar-refractivity contribution >= 4 is 5.95 Å². The van der Waals surface area contributed by atoms with E-state index in [-0.39, 0.29) is 0 Å². The number of aromatic nitrogens is 2. The van der Waals surface area contributed by atoms with Gasteiger partial charge >= 0.3 is 0 Å². The first kappa shape index (κ1) is 11.5. The molecule has 1 aliphatic heterocycles. The molecule has 1 aliphatic rings. The van der Waals surface area contributed by atoms with Gasteiger partial charge in [-0.3, -0.25) is 0 Å². The van der Waals surface area contributed by atoms with Crippen molar-refractivity contribution in [1.82, 2.24) is 14.5 Å². The second kappa shape index (κ2) is 5.34. The molecule has 1 unspecified atom stereocenters. The van der Waals surface area contributed by atoms with E-state index in [1.165, 1.54) is 32.4 Å². The number of rotatable bonds is 4. The Balaban J connectivity index is 1.79. The fourth-order valence-corrected chi connectivity index (χ4v) is 2.30. The lowest BCUT2D eigenvalue weighted by atomic mass is 10.1. The molecule has 1 N–H and O–H groups in total. The Morgan fingerprint density at radius 3 is 2.75 bits per heavy atom. The molecule has 1 fully saturated rings. The second-order valence-corrected chi connectivity index (χ2v) is 4.77. The summed E-state index contributed by atoms with van der Waals surface area (Å²) in [5, 5.41) is 3.45. The Bertz CT molecular complexity index is 315. The van der Waals surface area contributed by atoms with E-state index in [0.29, 0.717) is 6.04 Å². The third kappa shape index (κ3) is 2.98. The van der Waals surface area contributed by atoms with Gasteiger partial charge in [0.1, 0.15) is 0 Å². The predicted octanol–water partition coefficient (Wildman–Crippen LogP) is 1.71. The van der Waals surface area contributed by atoms with E-state index in [0.717, 1.165) is 12.5 Å². The normalized spacial score (nSPS) is 19.6. The van der Waals surface area contributed by atoms with Gasteiger partial charge in [-0.1, -0.05) is 6.42 Å². The SMILES string of the molecule is CC(CN1CCCCC1)Nc1nccn1C. The van der Waals surface area contributed by atoms with Gasteiger partial charge in [-0.15, -0.1) is 0 Å². The van der Waals surface area contributed by atoms with Gasteiger partial charge in [0, 0.05) is 32.0 Å². The van der Waals surface area contributed by atoms with Gasteiger partial charge in [-0.25, -0.2) is 4.98 Å². The highest BCUT2D eigenvalue weighted by atomic mass is 15.2. The van der Waals surface area contributed by atoms with Crippen LogP contribution in [-0.2, 0) is 7.05 Å². The summed E-state index contributed by atoms with van der Waals surface area (Å²) in [6, 6.07) is 0.458. The van der Waals surface area contributed by atoms with Crippen LogP contribution >= 0.6 is 0 Å². The third-order valence-electron chi connectivity index (χ3n) is 3.18. The molecule has 0 aliphatic carbocycles. The molecule has 0 spiro atoms. The van der Waals surface area contributed by atoms with Crippen LogP contribution in [0.15, 0.2) is 12.4 Å². The number of anilines is 1. The van der Waals surface area contributed by atoms with Crippen LogP contribution < -0.4 is 5.32 Å². The van der Waals surface area contributed by atoms with Crippen LogP contribution in [0.5, 0.6) is 0 Å². The number of aryl methyl sites for hydroxylation is 1. The highest BCUT2D eigenvalue weighted by molar-refractivity contribution is 5.26. The standard InChI is InChI=1S/C12H22N4/c1-11(10-16-7-4-3-5-8-16)14-12-13-6-9-15(12)2/h6,9,11H,3-5,7-8,10H2,1-2H3,(H,13,14). The minimum absolute atomic E-state index is 0.458. The zero-order valence-electron chi connectivity index (χ0n) is 10.3. The zero-order valence-corrected chi connectivity index (χ0v) is 10.3. The largest absolute Gasteiger partial charge is 0.352 e. The number of piperidine rings is 1. The molecule has 1 aromatic heterocycles. The molecule has 0 aromatic carbocycles. The van der Waals surface area contributed by atoms with Crippen LogP contribution in [0.4, 0.5) is 5.95 Å². The molecule has 2 heterocycles. The van der Waals surface area contributed by atoms with Gasteiger partial charge in [0.05, 0.1) is 0 Å². The molecule has 0 radical (unpaired) electrons. The lowest BCUT2D eigenvalue weighted by Gasteiger charge is -2.29. The average Bonchev–Trinajstić information content (AvgIpc) is 2.66. The number of nitrogens with one attached hydrogen (secondary N) is 1. The van der Waals surface area contributed by atoms with E-state index < -0.39 is 0 Å². The molecule has 0 saturated carbocycles. The summed E-state index contributed by atoms with van der Waals surface area (Å²) < 4.78 is 2.02. The summed E-state index contributed by atoms with van der Waals surface area (Å²) >= 11 is 0. The van der Waals surface area contributed by atoms with E-state index in [1.807, 2.05) is 24.0 Å². The van der Waals surface area contributed by atoms with Crippen LogP contribution in [0.2, 0.25) is 0 Å². The Morgan fingerprint density at radius 1 is 1.38 bits per heavy atom. The lowest BCUT2D eigenvalue weighted by molar-refractivity contribution is 0.223.